The average Bonchev–Trinajstić information content (AvgIpc) is 2.68. The minimum Gasteiger partial charge on any atom is -0.463 e. The predicted octanol–water partition coefficient (Wildman–Crippen LogP) is 4.05. The zero-order valence-corrected chi connectivity index (χ0v) is 19.3. The first-order chi connectivity index (χ1) is 15.0. The minimum atomic E-state index is -1.23. The SMILES string of the molecule is CC(=O)OCC1O[C@H](Sc2cc(Cl)c(F)c(Cl)c2)C(OC(C)=O)[C@@H](N=[N+]=[N-])[C@H]1OC(C)=O. The van der Waals surface area contributed by atoms with Crippen LogP contribution in [-0.4, -0.2) is 54.3 Å². The molecule has 0 aromatic heterocycles. The van der Waals surface area contributed by atoms with Gasteiger partial charge < -0.3 is 18.9 Å². The molecule has 2 unspecified atom stereocenters. The van der Waals surface area contributed by atoms with Crippen LogP contribution >= 0.6 is 35.0 Å². The Kier molecular flexibility index (Phi) is 9.41. The van der Waals surface area contributed by atoms with Crippen LogP contribution in [0, 0.1) is 5.82 Å². The number of rotatable bonds is 7. The normalized spacial score (nSPS) is 24.8. The van der Waals surface area contributed by atoms with Gasteiger partial charge in [0.15, 0.2) is 5.82 Å². The molecule has 1 aliphatic rings. The van der Waals surface area contributed by atoms with Gasteiger partial charge >= 0.3 is 17.9 Å². The van der Waals surface area contributed by atoms with Crippen molar-refractivity contribution in [2.24, 2.45) is 5.11 Å². The van der Waals surface area contributed by atoms with Gasteiger partial charge in [-0.25, -0.2) is 4.39 Å². The number of thioether (sulfide) groups is 1. The maximum absolute atomic E-state index is 13.8. The molecule has 0 saturated carbocycles. The van der Waals surface area contributed by atoms with Gasteiger partial charge in [-0.3, -0.25) is 14.4 Å². The van der Waals surface area contributed by atoms with E-state index in [0.29, 0.717) is 4.90 Å². The molecular formula is C18H18Cl2FN3O7S. The third kappa shape index (κ3) is 6.88. The fourth-order valence-electron chi connectivity index (χ4n) is 2.90. The number of carbonyl (C=O) groups excluding carboxylic acids is 3. The van der Waals surface area contributed by atoms with Gasteiger partial charge in [-0.1, -0.05) is 40.1 Å². The fraction of sp³-hybridized carbons (Fsp3) is 0.500. The number of azide groups is 1. The Labute approximate surface area is 196 Å². The Hall–Kier alpha value is -2.24. The number of halogens is 3. The van der Waals surface area contributed by atoms with E-state index in [1.807, 2.05) is 0 Å². The van der Waals surface area contributed by atoms with Gasteiger partial charge in [0, 0.05) is 30.6 Å². The van der Waals surface area contributed by atoms with E-state index in [4.69, 9.17) is 47.7 Å². The molecule has 0 N–H and O–H groups in total. The van der Waals surface area contributed by atoms with Crippen LogP contribution in [-0.2, 0) is 33.3 Å². The number of ether oxygens (including phenoxy) is 4. The molecular weight excluding hydrogens is 492 g/mol. The zero-order chi connectivity index (χ0) is 24.0. The molecule has 0 bridgehead atoms. The predicted molar refractivity (Wildman–Crippen MR) is 112 cm³/mol. The lowest BCUT2D eigenvalue weighted by atomic mass is 9.97. The Morgan fingerprint density at radius 3 is 2.19 bits per heavy atom. The number of nitrogens with zero attached hydrogens (tertiary/aromatic N) is 3. The lowest BCUT2D eigenvalue weighted by molar-refractivity contribution is -0.201. The molecule has 0 aliphatic carbocycles. The van der Waals surface area contributed by atoms with Crippen molar-refractivity contribution in [3.8, 4) is 0 Å². The molecule has 174 valence electrons. The van der Waals surface area contributed by atoms with E-state index in [1.165, 1.54) is 19.1 Å². The van der Waals surface area contributed by atoms with Crippen LogP contribution in [0.25, 0.3) is 10.4 Å². The van der Waals surface area contributed by atoms with Gasteiger partial charge in [-0.2, -0.15) is 0 Å². The van der Waals surface area contributed by atoms with E-state index in [2.05, 4.69) is 10.0 Å². The highest BCUT2D eigenvalue weighted by atomic mass is 35.5. The molecule has 32 heavy (non-hydrogen) atoms. The lowest BCUT2D eigenvalue weighted by Crippen LogP contribution is -2.59. The van der Waals surface area contributed by atoms with Crippen molar-refractivity contribution in [1.29, 1.82) is 0 Å². The van der Waals surface area contributed by atoms with Crippen molar-refractivity contribution in [3.63, 3.8) is 0 Å². The molecule has 0 spiro atoms. The molecule has 1 aromatic rings. The molecule has 1 aliphatic heterocycles. The highest BCUT2D eigenvalue weighted by Gasteiger charge is 2.50. The van der Waals surface area contributed by atoms with E-state index >= 15 is 0 Å². The summed E-state index contributed by atoms with van der Waals surface area (Å²) in [5.41, 5.74) is 8.02. The molecule has 5 atom stereocenters. The first-order valence-corrected chi connectivity index (χ1v) is 10.7. The van der Waals surface area contributed by atoms with Crippen LogP contribution in [0.1, 0.15) is 20.8 Å². The van der Waals surface area contributed by atoms with E-state index in [0.717, 1.165) is 25.6 Å². The largest absolute Gasteiger partial charge is 0.463 e. The van der Waals surface area contributed by atoms with Gasteiger partial charge in [0.2, 0.25) is 0 Å². The number of carbonyl (C=O) groups is 3. The van der Waals surface area contributed by atoms with Crippen molar-refractivity contribution < 1.29 is 37.7 Å². The molecule has 1 fully saturated rings. The van der Waals surface area contributed by atoms with E-state index < -0.39 is 53.5 Å². The fourth-order valence-corrected chi connectivity index (χ4v) is 4.71. The highest BCUT2D eigenvalue weighted by Crippen LogP contribution is 2.39. The van der Waals surface area contributed by atoms with Crippen molar-refractivity contribution in [2.45, 2.75) is 55.5 Å². The smallest absolute Gasteiger partial charge is 0.303 e. The van der Waals surface area contributed by atoms with Gasteiger partial charge in [-0.05, 0) is 17.7 Å². The summed E-state index contributed by atoms with van der Waals surface area (Å²) < 4.78 is 35.3. The maximum atomic E-state index is 13.8. The standard InChI is InChI=1S/C18H18Cl2FN3O7S/c1-7(25)28-6-13-16(29-8(2)26)15(23-24-22)17(30-9(3)27)18(31-13)32-10-4-11(19)14(21)12(20)5-10/h4-5,13,15-18H,6H2,1-3H3/t13?,15-,16-,17?,18+/m0/s1. The third-order valence-electron chi connectivity index (χ3n) is 4.07. The summed E-state index contributed by atoms with van der Waals surface area (Å²) in [6.45, 7) is 3.08. The first kappa shape index (κ1) is 26.0. The van der Waals surface area contributed by atoms with Crippen LogP contribution in [0.3, 0.4) is 0 Å². The van der Waals surface area contributed by atoms with Crippen molar-refractivity contribution in [1.82, 2.24) is 0 Å². The summed E-state index contributed by atoms with van der Waals surface area (Å²) in [6.07, 6.45) is -3.53. The summed E-state index contributed by atoms with van der Waals surface area (Å²) in [7, 11) is 0. The Morgan fingerprint density at radius 1 is 1.12 bits per heavy atom. The van der Waals surface area contributed by atoms with Crippen molar-refractivity contribution in [3.05, 3.63) is 38.4 Å². The number of hydrogen-bond acceptors (Lipinski definition) is 9. The number of hydrogen-bond donors (Lipinski definition) is 0. The molecule has 2 rings (SSSR count). The second kappa shape index (κ2) is 11.6. The quantitative estimate of drug-likeness (QED) is 0.134. The summed E-state index contributed by atoms with van der Waals surface area (Å²) in [6, 6.07) is 1.33. The van der Waals surface area contributed by atoms with Gasteiger partial charge in [0.25, 0.3) is 0 Å². The number of esters is 3. The van der Waals surface area contributed by atoms with Crippen molar-refractivity contribution in [2.75, 3.05) is 6.61 Å². The summed E-state index contributed by atoms with van der Waals surface area (Å²) >= 11 is 12.6. The molecule has 1 aromatic carbocycles. The van der Waals surface area contributed by atoms with E-state index in [9.17, 15) is 18.8 Å². The third-order valence-corrected chi connectivity index (χ3v) is 5.74. The molecule has 1 heterocycles. The second-order valence-corrected chi connectivity index (χ2v) is 8.49. The Balaban J connectivity index is 2.48. The summed E-state index contributed by atoms with van der Waals surface area (Å²) in [5, 5.41) is 3.15. The van der Waals surface area contributed by atoms with E-state index in [1.54, 1.807) is 0 Å². The maximum Gasteiger partial charge on any atom is 0.303 e. The zero-order valence-electron chi connectivity index (χ0n) is 17.0. The van der Waals surface area contributed by atoms with Crippen LogP contribution in [0.5, 0.6) is 0 Å². The number of benzene rings is 1. The van der Waals surface area contributed by atoms with Crippen LogP contribution in [0.2, 0.25) is 10.0 Å². The monoisotopic (exact) mass is 509 g/mol. The van der Waals surface area contributed by atoms with Crippen LogP contribution in [0.15, 0.2) is 22.1 Å². The first-order valence-electron chi connectivity index (χ1n) is 9.02. The average molecular weight is 510 g/mol. The van der Waals surface area contributed by atoms with Gasteiger partial charge in [0.1, 0.15) is 36.4 Å². The summed E-state index contributed by atoms with van der Waals surface area (Å²) in [4.78, 5) is 37.8. The van der Waals surface area contributed by atoms with Crippen LogP contribution < -0.4 is 0 Å². The molecule has 10 nitrogen and oxygen atoms in total. The highest BCUT2D eigenvalue weighted by molar-refractivity contribution is 7.99. The van der Waals surface area contributed by atoms with Gasteiger partial charge in [0.05, 0.1) is 10.0 Å². The summed E-state index contributed by atoms with van der Waals surface area (Å²) in [5.74, 6) is -2.89. The topological polar surface area (TPSA) is 137 Å². The van der Waals surface area contributed by atoms with Gasteiger partial charge in [-0.15, -0.1) is 0 Å². The Morgan fingerprint density at radius 2 is 1.69 bits per heavy atom. The molecule has 14 heteroatoms. The second-order valence-electron chi connectivity index (χ2n) is 6.51. The molecule has 1 saturated heterocycles. The molecule has 0 radical (unpaired) electrons. The van der Waals surface area contributed by atoms with Crippen LogP contribution in [0.4, 0.5) is 4.39 Å². The van der Waals surface area contributed by atoms with E-state index in [-0.39, 0.29) is 16.7 Å². The lowest BCUT2D eigenvalue weighted by Gasteiger charge is -2.43. The molecule has 0 amide bonds. The Bertz CT molecular complexity index is 924. The minimum absolute atomic E-state index is 0.249. The van der Waals surface area contributed by atoms with Crippen molar-refractivity contribution >= 4 is 52.9 Å².